The van der Waals surface area contributed by atoms with E-state index in [9.17, 15) is 4.79 Å². The predicted octanol–water partition coefficient (Wildman–Crippen LogP) is 3.19. The summed E-state index contributed by atoms with van der Waals surface area (Å²) in [6.45, 7) is 8.04. The van der Waals surface area contributed by atoms with Crippen LogP contribution in [0.15, 0.2) is 22.5 Å². The highest BCUT2D eigenvalue weighted by Crippen LogP contribution is 2.27. The molecular weight excluding hydrogens is 368 g/mol. The zero-order valence-electron chi connectivity index (χ0n) is 15.2. The Balaban J connectivity index is 1.67. The minimum atomic E-state index is -0.225. The molecule has 0 bridgehead atoms. The lowest BCUT2D eigenvalue weighted by atomic mass is 10.1. The van der Waals surface area contributed by atoms with Crippen molar-refractivity contribution in [3.05, 3.63) is 35.2 Å². The smallest absolute Gasteiger partial charge is 0.235 e. The molecule has 7 nitrogen and oxygen atoms in total. The Kier molecular flexibility index (Phi) is 5.59. The van der Waals surface area contributed by atoms with Crippen molar-refractivity contribution in [2.75, 3.05) is 11.1 Å². The van der Waals surface area contributed by atoms with Gasteiger partial charge in [0.05, 0.1) is 11.8 Å². The number of para-hydroxylation sites is 1. The largest absolute Gasteiger partial charge is 0.325 e. The molecule has 0 aliphatic heterocycles. The lowest BCUT2D eigenvalue weighted by Gasteiger charge is -2.11. The maximum absolute atomic E-state index is 12.3. The predicted molar refractivity (Wildman–Crippen MR) is 106 cm³/mol. The molecule has 2 heterocycles. The topological polar surface area (TPSA) is 98.2 Å². The molecule has 0 unspecified atom stereocenters. The number of hydrogen-bond acceptors (Lipinski definition) is 7. The van der Waals surface area contributed by atoms with Gasteiger partial charge < -0.3 is 11.1 Å². The van der Waals surface area contributed by atoms with Crippen molar-refractivity contribution in [3.63, 3.8) is 0 Å². The highest BCUT2D eigenvalue weighted by Gasteiger charge is 2.20. The molecule has 1 aromatic carbocycles. The molecule has 0 aliphatic carbocycles. The van der Waals surface area contributed by atoms with Crippen LogP contribution in [0.5, 0.6) is 0 Å². The molecule has 0 aliphatic rings. The van der Waals surface area contributed by atoms with Gasteiger partial charge in [0.2, 0.25) is 10.9 Å². The first-order chi connectivity index (χ1) is 12.4. The van der Waals surface area contributed by atoms with E-state index in [0.717, 1.165) is 21.2 Å². The molecule has 0 saturated carbocycles. The van der Waals surface area contributed by atoms with Crippen LogP contribution in [0.4, 0.5) is 5.69 Å². The van der Waals surface area contributed by atoms with E-state index in [1.807, 2.05) is 45.9 Å². The number of carbonyl (C=O) groups is 1. The number of hydrogen-bond donors (Lipinski definition) is 2. The third kappa shape index (κ3) is 3.89. The Hall–Kier alpha value is -1.97. The second kappa shape index (κ2) is 7.73. The van der Waals surface area contributed by atoms with Gasteiger partial charge in [0.1, 0.15) is 0 Å². The summed E-state index contributed by atoms with van der Waals surface area (Å²) in [7, 11) is 0. The number of nitrogens with two attached hydrogens (primary N) is 1. The summed E-state index contributed by atoms with van der Waals surface area (Å²) in [5.41, 5.74) is 9.14. The minimum Gasteiger partial charge on any atom is -0.325 e. The number of nitrogens with one attached hydrogen (secondary N) is 1. The van der Waals surface area contributed by atoms with Crippen LogP contribution >= 0.6 is 23.1 Å². The van der Waals surface area contributed by atoms with Gasteiger partial charge >= 0.3 is 0 Å². The van der Waals surface area contributed by atoms with Gasteiger partial charge in [-0.1, -0.05) is 55.1 Å². The van der Waals surface area contributed by atoms with E-state index in [2.05, 4.69) is 20.6 Å². The fourth-order valence-corrected chi connectivity index (χ4v) is 4.18. The van der Waals surface area contributed by atoms with E-state index in [4.69, 9.17) is 5.73 Å². The number of nitrogens with zero attached hydrogens (tertiary/aromatic N) is 4. The lowest BCUT2D eigenvalue weighted by Crippen LogP contribution is -2.20. The summed E-state index contributed by atoms with van der Waals surface area (Å²) in [4.78, 5) is 13.0. The molecule has 9 heteroatoms. The number of fused-ring (bicyclic) bond motifs is 1. The number of anilines is 1. The molecule has 1 amide bonds. The van der Waals surface area contributed by atoms with Crippen LogP contribution in [0.3, 0.4) is 0 Å². The molecule has 0 saturated heterocycles. The van der Waals surface area contributed by atoms with Crippen LogP contribution in [-0.4, -0.2) is 31.5 Å². The molecule has 2 aromatic heterocycles. The third-order valence-electron chi connectivity index (χ3n) is 4.09. The van der Waals surface area contributed by atoms with Gasteiger partial charge in [-0.05, 0) is 30.9 Å². The van der Waals surface area contributed by atoms with Crippen molar-refractivity contribution < 1.29 is 4.79 Å². The van der Waals surface area contributed by atoms with Crippen molar-refractivity contribution >= 4 is 39.7 Å². The summed E-state index contributed by atoms with van der Waals surface area (Å²) in [6.07, 6.45) is 0. The quantitative estimate of drug-likeness (QED) is 0.627. The van der Waals surface area contributed by atoms with Crippen molar-refractivity contribution in [1.29, 1.82) is 0 Å². The first kappa shape index (κ1) is 18.8. The third-order valence-corrected chi connectivity index (χ3v) is 6.12. The molecule has 3 N–H and O–H groups in total. The zero-order valence-corrected chi connectivity index (χ0v) is 16.8. The fourth-order valence-electron chi connectivity index (χ4n) is 2.49. The van der Waals surface area contributed by atoms with E-state index >= 15 is 0 Å². The summed E-state index contributed by atoms with van der Waals surface area (Å²) >= 11 is 2.79. The summed E-state index contributed by atoms with van der Waals surface area (Å²) in [5, 5.41) is 15.8. The monoisotopic (exact) mass is 390 g/mol. The van der Waals surface area contributed by atoms with Crippen molar-refractivity contribution in [1.82, 2.24) is 19.8 Å². The van der Waals surface area contributed by atoms with E-state index in [-0.39, 0.29) is 23.6 Å². The average Bonchev–Trinajstić information content (AvgIpc) is 3.15. The number of aryl methyl sites for hydroxylation is 2. The maximum atomic E-state index is 12.3. The van der Waals surface area contributed by atoms with Crippen LogP contribution in [-0.2, 0) is 4.79 Å². The number of rotatable bonds is 6. The Morgan fingerprint density at radius 2 is 2.00 bits per heavy atom. The van der Waals surface area contributed by atoms with Crippen LogP contribution in [0.1, 0.15) is 36.8 Å². The Morgan fingerprint density at radius 1 is 1.31 bits per heavy atom. The van der Waals surface area contributed by atoms with Gasteiger partial charge in [-0.15, -0.1) is 15.3 Å². The van der Waals surface area contributed by atoms with Gasteiger partial charge in [0.25, 0.3) is 0 Å². The van der Waals surface area contributed by atoms with Gasteiger partial charge in [0, 0.05) is 5.69 Å². The number of aromatic nitrogens is 4. The van der Waals surface area contributed by atoms with Crippen LogP contribution in [0.2, 0.25) is 0 Å². The fraction of sp³-hybridized carbons (Fsp3) is 0.412. The summed E-state index contributed by atoms with van der Waals surface area (Å²) < 4.78 is 2.45. The number of amides is 1. The molecule has 138 valence electrons. The standard InChI is InChI=1S/C17H22N6OS2/c1-9(2)13(18)15-20-21-16-23(15)22-17(26-16)25-8-12(24)19-14-10(3)6-5-7-11(14)4/h5-7,9,13H,8,18H2,1-4H3,(H,19,24)/t13-/m0/s1. The van der Waals surface area contributed by atoms with Crippen LogP contribution in [0, 0.1) is 19.8 Å². The van der Waals surface area contributed by atoms with Crippen molar-refractivity contribution in [2.24, 2.45) is 11.7 Å². The van der Waals surface area contributed by atoms with Gasteiger partial charge in [-0.25, -0.2) is 0 Å². The van der Waals surface area contributed by atoms with Crippen LogP contribution in [0.25, 0.3) is 4.96 Å². The van der Waals surface area contributed by atoms with Crippen molar-refractivity contribution in [2.45, 2.75) is 38.1 Å². The molecule has 0 fully saturated rings. The SMILES string of the molecule is Cc1cccc(C)c1NC(=O)CSc1nn2c([C@@H](N)C(C)C)nnc2s1. The molecule has 0 spiro atoms. The number of benzene rings is 1. The Bertz CT molecular complexity index is 912. The zero-order chi connectivity index (χ0) is 18.8. The summed E-state index contributed by atoms with van der Waals surface area (Å²) in [6, 6.07) is 5.72. The second-order valence-corrected chi connectivity index (χ2v) is 8.67. The molecule has 1 atom stereocenters. The molecule has 3 rings (SSSR count). The molecule has 26 heavy (non-hydrogen) atoms. The summed E-state index contributed by atoms with van der Waals surface area (Å²) in [5.74, 6) is 1.11. The first-order valence-electron chi connectivity index (χ1n) is 8.33. The first-order valence-corrected chi connectivity index (χ1v) is 10.1. The Morgan fingerprint density at radius 3 is 2.65 bits per heavy atom. The van der Waals surface area contributed by atoms with E-state index in [1.165, 1.54) is 23.1 Å². The van der Waals surface area contributed by atoms with E-state index in [1.54, 1.807) is 4.52 Å². The lowest BCUT2D eigenvalue weighted by molar-refractivity contribution is -0.113. The van der Waals surface area contributed by atoms with E-state index < -0.39 is 0 Å². The number of thioether (sulfide) groups is 1. The number of carbonyl (C=O) groups excluding carboxylic acids is 1. The van der Waals surface area contributed by atoms with Gasteiger partial charge in [-0.2, -0.15) is 4.52 Å². The van der Waals surface area contributed by atoms with Crippen molar-refractivity contribution in [3.8, 4) is 0 Å². The maximum Gasteiger partial charge on any atom is 0.235 e. The van der Waals surface area contributed by atoms with Crippen LogP contribution < -0.4 is 11.1 Å². The normalized spacial score (nSPS) is 12.7. The van der Waals surface area contributed by atoms with E-state index in [0.29, 0.717) is 10.8 Å². The molecule has 3 aromatic rings. The minimum absolute atomic E-state index is 0.0579. The van der Waals surface area contributed by atoms with Gasteiger partial charge in [-0.3, -0.25) is 4.79 Å². The molecule has 0 radical (unpaired) electrons. The average molecular weight is 391 g/mol. The van der Waals surface area contributed by atoms with Gasteiger partial charge in [0.15, 0.2) is 10.2 Å². The molecular formula is C17H22N6OS2. The highest BCUT2D eigenvalue weighted by molar-refractivity contribution is 8.01. The Labute approximate surface area is 160 Å². The second-order valence-electron chi connectivity index (χ2n) is 6.49. The highest BCUT2D eigenvalue weighted by atomic mass is 32.2.